The number of azide groups is 1. The van der Waals surface area contributed by atoms with Gasteiger partial charge in [-0.1, -0.05) is 41.5 Å². The smallest absolute Gasteiger partial charge is 0.0633 e. The lowest BCUT2D eigenvalue weighted by molar-refractivity contribution is 1.18. The van der Waals surface area contributed by atoms with Gasteiger partial charge in [0.05, 0.1) is 5.69 Å². The van der Waals surface area contributed by atoms with Gasteiger partial charge in [-0.25, -0.2) is 0 Å². The van der Waals surface area contributed by atoms with E-state index < -0.39 is 0 Å². The predicted molar refractivity (Wildman–Crippen MR) is 73.2 cm³/mol. The molecule has 0 atom stereocenters. The molecule has 2 aromatic rings. The predicted octanol–water partition coefficient (Wildman–Crippen LogP) is 4.50. The molecule has 1 aromatic heterocycles. The average molecular weight is 236 g/mol. The Morgan fingerprint density at radius 2 is 1.89 bits per heavy atom. The van der Waals surface area contributed by atoms with Crippen LogP contribution in [0.3, 0.4) is 0 Å². The van der Waals surface area contributed by atoms with Crippen molar-refractivity contribution in [3.8, 4) is 0 Å². The summed E-state index contributed by atoms with van der Waals surface area (Å²) in [6, 6.07) is 13.3. The summed E-state index contributed by atoms with van der Waals surface area (Å²) in [5, 5.41) is 3.52. The quantitative estimate of drug-likeness (QED) is 0.439. The van der Waals surface area contributed by atoms with E-state index in [1.165, 1.54) is 0 Å². The van der Waals surface area contributed by atoms with Crippen molar-refractivity contribution in [3.63, 3.8) is 0 Å². The molecule has 0 aliphatic rings. The van der Waals surface area contributed by atoms with Crippen molar-refractivity contribution in [1.82, 2.24) is 4.98 Å². The fourth-order valence-electron chi connectivity index (χ4n) is 1.54. The second-order valence-electron chi connectivity index (χ2n) is 3.82. The van der Waals surface area contributed by atoms with Crippen LogP contribution in [0.4, 0.5) is 5.69 Å². The van der Waals surface area contributed by atoms with Crippen LogP contribution in [-0.2, 0) is 0 Å². The summed E-state index contributed by atoms with van der Waals surface area (Å²) < 4.78 is 0. The van der Waals surface area contributed by atoms with Crippen LogP contribution in [0.1, 0.15) is 17.0 Å². The molecule has 4 nitrogen and oxygen atoms in total. The minimum atomic E-state index is 0.614. The molecule has 2 rings (SSSR count). The molecule has 18 heavy (non-hydrogen) atoms. The summed E-state index contributed by atoms with van der Waals surface area (Å²) in [6.07, 6.45) is 3.93. The molecule has 0 spiro atoms. The maximum absolute atomic E-state index is 8.30. The Morgan fingerprint density at radius 3 is 2.56 bits per heavy atom. The third kappa shape index (κ3) is 3.20. The van der Waals surface area contributed by atoms with Crippen LogP contribution in [0, 0.1) is 6.92 Å². The fraction of sp³-hybridized carbons (Fsp3) is 0.0714. The van der Waals surface area contributed by atoms with E-state index in [0.717, 1.165) is 17.0 Å². The Labute approximate surface area is 105 Å². The number of hydrogen-bond acceptors (Lipinski definition) is 2. The highest BCUT2D eigenvalue weighted by Gasteiger charge is 1.91. The van der Waals surface area contributed by atoms with E-state index in [1.54, 1.807) is 12.1 Å². The summed E-state index contributed by atoms with van der Waals surface area (Å²) >= 11 is 0. The maximum Gasteiger partial charge on any atom is 0.0633 e. The number of benzene rings is 1. The second kappa shape index (κ2) is 5.66. The third-order valence-corrected chi connectivity index (χ3v) is 2.41. The van der Waals surface area contributed by atoms with Crippen molar-refractivity contribution < 1.29 is 0 Å². The first-order chi connectivity index (χ1) is 8.78. The van der Waals surface area contributed by atoms with Crippen molar-refractivity contribution in [2.24, 2.45) is 5.11 Å². The van der Waals surface area contributed by atoms with E-state index >= 15 is 0 Å². The monoisotopic (exact) mass is 236 g/mol. The zero-order valence-corrected chi connectivity index (χ0v) is 9.99. The zero-order valence-electron chi connectivity index (χ0n) is 9.99. The van der Waals surface area contributed by atoms with Gasteiger partial charge in [0.2, 0.25) is 0 Å². The van der Waals surface area contributed by atoms with Crippen LogP contribution in [0.25, 0.3) is 22.6 Å². The number of aryl methyl sites for hydroxylation is 1. The van der Waals surface area contributed by atoms with Gasteiger partial charge in [0, 0.05) is 16.3 Å². The molecule has 0 saturated heterocycles. The Bertz CT molecular complexity index is 608. The van der Waals surface area contributed by atoms with E-state index in [1.807, 2.05) is 49.4 Å². The van der Waals surface area contributed by atoms with Gasteiger partial charge in [0.25, 0.3) is 0 Å². The molecule has 0 bridgehead atoms. The number of aromatic nitrogens is 1. The van der Waals surface area contributed by atoms with Crippen LogP contribution in [0.2, 0.25) is 0 Å². The molecule has 1 heterocycles. The van der Waals surface area contributed by atoms with Gasteiger partial charge in [0.15, 0.2) is 0 Å². The van der Waals surface area contributed by atoms with Gasteiger partial charge in [-0.15, -0.1) is 0 Å². The molecule has 0 aliphatic carbocycles. The first kappa shape index (κ1) is 11.9. The van der Waals surface area contributed by atoms with Crippen molar-refractivity contribution in [2.45, 2.75) is 6.92 Å². The van der Waals surface area contributed by atoms with Crippen molar-refractivity contribution >= 4 is 17.8 Å². The first-order valence-electron chi connectivity index (χ1n) is 5.55. The molecular weight excluding hydrogens is 224 g/mol. The molecule has 0 N–H and O–H groups in total. The van der Waals surface area contributed by atoms with Gasteiger partial charge in [-0.3, -0.25) is 4.98 Å². The van der Waals surface area contributed by atoms with E-state index in [9.17, 15) is 0 Å². The lowest BCUT2D eigenvalue weighted by Crippen LogP contribution is -1.83. The van der Waals surface area contributed by atoms with Gasteiger partial charge in [0.1, 0.15) is 0 Å². The molecule has 0 saturated carbocycles. The van der Waals surface area contributed by atoms with Gasteiger partial charge in [-0.2, -0.15) is 0 Å². The van der Waals surface area contributed by atoms with Crippen LogP contribution < -0.4 is 0 Å². The Morgan fingerprint density at radius 1 is 1.11 bits per heavy atom. The van der Waals surface area contributed by atoms with Crippen LogP contribution >= 0.6 is 0 Å². The van der Waals surface area contributed by atoms with E-state index in [2.05, 4.69) is 15.0 Å². The number of nitrogens with zero attached hydrogens (tertiary/aromatic N) is 4. The molecule has 0 amide bonds. The number of pyridine rings is 1. The van der Waals surface area contributed by atoms with Crippen molar-refractivity contribution in [2.75, 3.05) is 0 Å². The highest BCUT2D eigenvalue weighted by molar-refractivity contribution is 5.68. The van der Waals surface area contributed by atoms with Crippen LogP contribution in [0.5, 0.6) is 0 Å². The van der Waals surface area contributed by atoms with Gasteiger partial charge >= 0.3 is 0 Å². The third-order valence-electron chi connectivity index (χ3n) is 2.41. The average Bonchev–Trinajstić information content (AvgIpc) is 2.38. The molecular formula is C14H12N4. The van der Waals surface area contributed by atoms with Crippen LogP contribution in [-0.4, -0.2) is 4.98 Å². The van der Waals surface area contributed by atoms with Crippen molar-refractivity contribution in [1.29, 1.82) is 0 Å². The summed E-state index contributed by atoms with van der Waals surface area (Å²) in [4.78, 5) is 7.12. The first-order valence-corrected chi connectivity index (χ1v) is 5.55. The van der Waals surface area contributed by atoms with Gasteiger partial charge < -0.3 is 0 Å². The largest absolute Gasteiger partial charge is 0.254 e. The normalized spacial score (nSPS) is 10.3. The molecule has 0 fully saturated rings. The summed E-state index contributed by atoms with van der Waals surface area (Å²) in [5.74, 6) is 0. The zero-order chi connectivity index (χ0) is 12.8. The molecule has 88 valence electrons. The Hall–Kier alpha value is -2.58. The number of rotatable bonds is 3. The second-order valence-corrected chi connectivity index (χ2v) is 3.82. The molecule has 4 heteroatoms. The van der Waals surface area contributed by atoms with Crippen LogP contribution in [0.15, 0.2) is 47.6 Å². The maximum atomic E-state index is 8.30. The minimum absolute atomic E-state index is 0.614. The molecule has 0 aliphatic heterocycles. The highest BCUT2D eigenvalue weighted by atomic mass is 15.1. The molecule has 0 radical (unpaired) electrons. The minimum Gasteiger partial charge on any atom is -0.254 e. The topological polar surface area (TPSA) is 61.7 Å². The van der Waals surface area contributed by atoms with Gasteiger partial charge in [-0.05, 0) is 36.2 Å². The summed E-state index contributed by atoms with van der Waals surface area (Å²) in [5.41, 5.74) is 11.9. The van der Waals surface area contributed by atoms with E-state index in [0.29, 0.717) is 5.69 Å². The molecule has 0 unspecified atom stereocenters. The standard InChI is InChI=1S/C14H12N4/c1-11-3-2-4-13(16-11)8-5-12-6-9-14(10-7-12)17-18-15/h2-10H,1H3. The Kier molecular flexibility index (Phi) is 3.74. The summed E-state index contributed by atoms with van der Waals surface area (Å²) in [7, 11) is 0. The lowest BCUT2D eigenvalue weighted by Gasteiger charge is -1.96. The van der Waals surface area contributed by atoms with E-state index in [-0.39, 0.29) is 0 Å². The molecule has 1 aromatic carbocycles. The lowest BCUT2D eigenvalue weighted by atomic mass is 10.2. The SMILES string of the molecule is Cc1cccc(C=Cc2ccc(N=[N+]=[N-])cc2)n1. The Balaban J connectivity index is 2.16. The van der Waals surface area contributed by atoms with Crippen molar-refractivity contribution in [3.05, 3.63) is 69.9 Å². The summed E-state index contributed by atoms with van der Waals surface area (Å²) in [6.45, 7) is 1.96. The fourth-order valence-corrected chi connectivity index (χ4v) is 1.54. The highest BCUT2D eigenvalue weighted by Crippen LogP contribution is 2.14. The van der Waals surface area contributed by atoms with E-state index in [4.69, 9.17) is 5.53 Å². The number of hydrogen-bond donors (Lipinski definition) is 0.